The summed E-state index contributed by atoms with van der Waals surface area (Å²) in [6, 6.07) is 0. The number of hydrogen-bond donors (Lipinski definition) is 0. The quantitative estimate of drug-likeness (QED) is 0.0261. The molecule has 0 aromatic carbocycles. The van der Waals surface area contributed by atoms with E-state index in [4.69, 9.17) is 14.2 Å². The first kappa shape index (κ1) is 79.4. The molecule has 6 heteroatoms. The van der Waals surface area contributed by atoms with Crippen LogP contribution in [0.5, 0.6) is 0 Å². The number of rotatable bonds is 68. The van der Waals surface area contributed by atoms with Gasteiger partial charge < -0.3 is 14.2 Å². The molecular weight excluding hydrogens is 1010 g/mol. The molecule has 6 nitrogen and oxygen atoms in total. The van der Waals surface area contributed by atoms with Crippen molar-refractivity contribution in [1.82, 2.24) is 0 Å². The number of allylic oxidation sites excluding steroid dienone is 8. The fourth-order valence-electron chi connectivity index (χ4n) is 11.0. The van der Waals surface area contributed by atoms with Crippen LogP contribution in [0.4, 0.5) is 0 Å². The summed E-state index contributed by atoms with van der Waals surface area (Å²) in [7, 11) is 0. The van der Waals surface area contributed by atoms with Crippen LogP contribution in [0.15, 0.2) is 48.6 Å². The Morgan fingerprint density at radius 3 is 0.683 bits per heavy atom. The molecule has 0 bridgehead atoms. The standard InChI is InChI=1S/C76H140O6/c1-4-7-10-13-16-19-22-25-28-31-33-35-37-38-40-41-43-45-48-51-54-57-60-63-66-69-75(78)81-72-73(71-80-74(77)68-65-62-59-56-53-50-47-30-27-24-21-18-15-12-9-6-3)82-76(79)70-67-64-61-58-55-52-49-46-44-42-39-36-34-32-29-26-23-20-17-14-11-8-5-2/h21,23-24,26,30,32,34,47,73H,4-20,22,25,27-29,31,33,35-46,48-72H2,1-3H3/b24-21-,26-23-,34-32-,47-30-. The minimum atomic E-state index is -0.780. The molecule has 1 unspecified atom stereocenters. The molecule has 0 aliphatic rings. The lowest BCUT2D eigenvalue weighted by Crippen LogP contribution is -2.30. The third kappa shape index (κ3) is 68.2. The normalized spacial score (nSPS) is 12.3. The number of ether oxygens (including phenoxy) is 3. The zero-order valence-electron chi connectivity index (χ0n) is 55.3. The van der Waals surface area contributed by atoms with E-state index < -0.39 is 6.10 Å². The third-order valence-electron chi connectivity index (χ3n) is 16.6. The molecule has 0 spiro atoms. The third-order valence-corrected chi connectivity index (χ3v) is 16.6. The number of carbonyl (C=O) groups excluding carboxylic acids is 3. The molecule has 0 N–H and O–H groups in total. The first-order chi connectivity index (χ1) is 40.5. The van der Waals surface area contributed by atoms with Gasteiger partial charge in [0.2, 0.25) is 0 Å². The molecule has 0 aliphatic heterocycles. The molecule has 480 valence electrons. The molecule has 0 aromatic rings. The molecule has 1 atom stereocenters. The van der Waals surface area contributed by atoms with E-state index in [1.807, 2.05) is 0 Å². The average molecular weight is 1150 g/mol. The van der Waals surface area contributed by atoms with E-state index in [1.54, 1.807) is 0 Å². The van der Waals surface area contributed by atoms with Crippen LogP contribution < -0.4 is 0 Å². The first-order valence-corrected chi connectivity index (χ1v) is 36.6. The van der Waals surface area contributed by atoms with Gasteiger partial charge in [0.1, 0.15) is 13.2 Å². The van der Waals surface area contributed by atoms with Crippen molar-refractivity contribution < 1.29 is 28.6 Å². The molecule has 82 heavy (non-hydrogen) atoms. The summed E-state index contributed by atoms with van der Waals surface area (Å²) in [6.07, 6.45) is 90.0. The van der Waals surface area contributed by atoms with Crippen LogP contribution >= 0.6 is 0 Å². The maximum Gasteiger partial charge on any atom is 0.306 e. The number of carbonyl (C=O) groups is 3. The highest BCUT2D eigenvalue weighted by Gasteiger charge is 2.19. The lowest BCUT2D eigenvalue weighted by Gasteiger charge is -2.18. The van der Waals surface area contributed by atoms with Crippen LogP contribution in [0.25, 0.3) is 0 Å². The highest BCUT2D eigenvalue weighted by Crippen LogP contribution is 2.19. The smallest absolute Gasteiger partial charge is 0.306 e. The van der Waals surface area contributed by atoms with E-state index in [-0.39, 0.29) is 31.1 Å². The second kappa shape index (κ2) is 70.9. The zero-order valence-corrected chi connectivity index (χ0v) is 55.3. The first-order valence-electron chi connectivity index (χ1n) is 36.6. The van der Waals surface area contributed by atoms with Gasteiger partial charge in [0.25, 0.3) is 0 Å². The largest absolute Gasteiger partial charge is 0.462 e. The molecule has 0 rings (SSSR count). The van der Waals surface area contributed by atoms with Crippen molar-refractivity contribution in [3.8, 4) is 0 Å². The fraction of sp³-hybridized carbons (Fsp3) is 0.855. The fourth-order valence-corrected chi connectivity index (χ4v) is 11.0. The van der Waals surface area contributed by atoms with E-state index in [9.17, 15) is 14.4 Å². The minimum absolute atomic E-state index is 0.0741. The predicted molar refractivity (Wildman–Crippen MR) is 358 cm³/mol. The Morgan fingerprint density at radius 2 is 0.439 bits per heavy atom. The lowest BCUT2D eigenvalue weighted by molar-refractivity contribution is -0.167. The summed E-state index contributed by atoms with van der Waals surface area (Å²) < 4.78 is 17.0. The molecule has 0 aromatic heterocycles. The predicted octanol–water partition coefficient (Wildman–Crippen LogP) is 25.3. The van der Waals surface area contributed by atoms with Crippen LogP contribution in [0.2, 0.25) is 0 Å². The van der Waals surface area contributed by atoms with Gasteiger partial charge in [0, 0.05) is 19.3 Å². The van der Waals surface area contributed by atoms with Crippen molar-refractivity contribution in [2.24, 2.45) is 0 Å². The Morgan fingerprint density at radius 1 is 0.244 bits per heavy atom. The summed E-state index contributed by atoms with van der Waals surface area (Å²) >= 11 is 0. The van der Waals surface area contributed by atoms with Gasteiger partial charge in [0.15, 0.2) is 6.10 Å². The number of unbranched alkanes of at least 4 members (excludes halogenated alkanes) is 49. The molecule has 0 saturated carbocycles. The highest BCUT2D eigenvalue weighted by molar-refractivity contribution is 5.71. The highest BCUT2D eigenvalue weighted by atomic mass is 16.6. The molecule has 0 heterocycles. The molecule has 0 saturated heterocycles. The van der Waals surface area contributed by atoms with E-state index in [0.29, 0.717) is 19.3 Å². The van der Waals surface area contributed by atoms with Gasteiger partial charge in [0.05, 0.1) is 0 Å². The summed E-state index contributed by atoms with van der Waals surface area (Å²) in [5.74, 6) is -0.862. The Kier molecular flexibility index (Phi) is 68.6. The maximum atomic E-state index is 13.0. The van der Waals surface area contributed by atoms with Crippen LogP contribution in [0, 0.1) is 0 Å². The molecule has 0 amide bonds. The van der Waals surface area contributed by atoms with Crippen molar-refractivity contribution in [2.45, 2.75) is 406 Å². The minimum Gasteiger partial charge on any atom is -0.462 e. The Hall–Kier alpha value is -2.63. The molecule has 0 aliphatic carbocycles. The Balaban J connectivity index is 4.29. The summed E-state index contributed by atoms with van der Waals surface area (Å²) in [6.45, 7) is 6.68. The average Bonchev–Trinajstić information content (AvgIpc) is 3.48. The Labute approximate surface area is 511 Å². The summed E-state index contributed by atoms with van der Waals surface area (Å²) in [5, 5.41) is 0. The number of esters is 3. The van der Waals surface area contributed by atoms with Crippen LogP contribution in [-0.2, 0) is 28.6 Å². The van der Waals surface area contributed by atoms with E-state index in [0.717, 1.165) is 83.5 Å². The van der Waals surface area contributed by atoms with Crippen molar-refractivity contribution in [3.05, 3.63) is 48.6 Å². The summed E-state index contributed by atoms with van der Waals surface area (Å²) in [4.78, 5) is 38.5. The van der Waals surface area contributed by atoms with E-state index in [1.165, 1.54) is 276 Å². The van der Waals surface area contributed by atoms with Crippen molar-refractivity contribution in [1.29, 1.82) is 0 Å². The van der Waals surface area contributed by atoms with Gasteiger partial charge in [-0.3, -0.25) is 14.4 Å². The van der Waals surface area contributed by atoms with Crippen LogP contribution in [0.1, 0.15) is 400 Å². The molecule has 0 fully saturated rings. The van der Waals surface area contributed by atoms with Gasteiger partial charge in [-0.1, -0.05) is 345 Å². The Bertz CT molecular complexity index is 1410. The van der Waals surface area contributed by atoms with Gasteiger partial charge >= 0.3 is 17.9 Å². The zero-order chi connectivity index (χ0) is 59.2. The van der Waals surface area contributed by atoms with Gasteiger partial charge in [-0.05, 0) is 83.5 Å². The van der Waals surface area contributed by atoms with E-state index >= 15 is 0 Å². The van der Waals surface area contributed by atoms with Crippen LogP contribution in [0.3, 0.4) is 0 Å². The summed E-state index contributed by atoms with van der Waals surface area (Å²) in [5.41, 5.74) is 0. The number of hydrogen-bond acceptors (Lipinski definition) is 6. The maximum absolute atomic E-state index is 13.0. The van der Waals surface area contributed by atoms with Crippen molar-refractivity contribution >= 4 is 17.9 Å². The van der Waals surface area contributed by atoms with Gasteiger partial charge in [-0.25, -0.2) is 0 Å². The lowest BCUT2D eigenvalue weighted by atomic mass is 10.0. The topological polar surface area (TPSA) is 78.9 Å². The van der Waals surface area contributed by atoms with Crippen molar-refractivity contribution in [3.63, 3.8) is 0 Å². The molecular formula is C76H140O6. The second-order valence-corrected chi connectivity index (χ2v) is 24.9. The molecule has 0 radical (unpaired) electrons. The van der Waals surface area contributed by atoms with Gasteiger partial charge in [-0.15, -0.1) is 0 Å². The van der Waals surface area contributed by atoms with E-state index in [2.05, 4.69) is 69.4 Å². The second-order valence-electron chi connectivity index (χ2n) is 24.9. The van der Waals surface area contributed by atoms with Gasteiger partial charge in [-0.2, -0.15) is 0 Å². The monoisotopic (exact) mass is 1150 g/mol. The SMILES string of the molecule is CCCCCC/C=C\C/C=C\CCCCCCCC(=O)OCC(COC(=O)CCCCCCCCCCCCCCCCCCCCCCCCCCC)OC(=O)CCCCCCCCCCCCC/C=C\C/C=C\CCCCCCC. The van der Waals surface area contributed by atoms with Crippen LogP contribution in [-0.4, -0.2) is 37.2 Å². The van der Waals surface area contributed by atoms with Crippen molar-refractivity contribution in [2.75, 3.05) is 13.2 Å².